The zero-order valence-electron chi connectivity index (χ0n) is 33.9. The first kappa shape index (κ1) is 41.6. The maximum atomic E-state index is 14.0. The Labute approximate surface area is 335 Å². The topological polar surface area (TPSA) is 158 Å². The number of hydrogen-bond donors (Lipinski definition) is 4. The van der Waals surface area contributed by atoms with Crippen molar-refractivity contribution in [2.45, 2.75) is 97.6 Å². The van der Waals surface area contributed by atoms with Crippen molar-refractivity contribution in [1.82, 2.24) is 25.3 Å². The van der Waals surface area contributed by atoms with Crippen LogP contribution < -0.4 is 15.6 Å². The molecular formula is C44H58N6O7. The second-order valence-corrected chi connectivity index (χ2v) is 16.2. The average molecular weight is 783 g/mol. The SMILES string of the molecule is CCn1c(-c2cccnc2[C@H](C)OC)c(CC(C)(C)CO)c2cc(N3CCC[C@@H](C[C@H](NC(=O)OCc4ccccc4)C(=O)N4CCC[C@@H](C(=O)O)N4)C3)ccc21. The minimum Gasteiger partial charge on any atom is -0.480 e. The molecule has 0 aliphatic carbocycles. The third-order valence-corrected chi connectivity index (χ3v) is 11.4. The van der Waals surface area contributed by atoms with Gasteiger partial charge in [-0.2, -0.15) is 0 Å². The van der Waals surface area contributed by atoms with E-state index < -0.39 is 24.1 Å². The van der Waals surface area contributed by atoms with Crippen molar-refractivity contribution in [2.24, 2.45) is 11.3 Å². The van der Waals surface area contributed by atoms with Crippen molar-refractivity contribution in [2.75, 3.05) is 38.3 Å². The number of aliphatic hydroxyl groups excluding tert-OH is 1. The first-order chi connectivity index (χ1) is 27.4. The number of hydrazine groups is 1. The molecule has 0 bridgehead atoms. The van der Waals surface area contributed by atoms with Crippen LogP contribution in [0.1, 0.15) is 82.7 Å². The summed E-state index contributed by atoms with van der Waals surface area (Å²) in [6.07, 6.45) is 4.59. The summed E-state index contributed by atoms with van der Waals surface area (Å²) in [6.45, 7) is 11.0. The Balaban J connectivity index is 1.29. The molecule has 2 amide bonds. The number of alkyl carbamates (subject to hydrolysis) is 1. The number of rotatable bonds is 15. The van der Waals surface area contributed by atoms with Crippen LogP contribution in [-0.2, 0) is 38.6 Å². The Bertz CT molecular complexity index is 2020. The number of methoxy groups -OCH3 is 1. The van der Waals surface area contributed by atoms with Crippen LogP contribution >= 0.6 is 0 Å². The smallest absolute Gasteiger partial charge is 0.408 e. The van der Waals surface area contributed by atoms with Gasteiger partial charge in [-0.05, 0) is 105 Å². The number of carboxylic acids is 1. The number of aliphatic hydroxyl groups is 1. The minimum absolute atomic E-state index is 0.0325. The van der Waals surface area contributed by atoms with Gasteiger partial charge in [0, 0.05) is 68.2 Å². The molecule has 57 heavy (non-hydrogen) atoms. The highest BCUT2D eigenvalue weighted by Crippen LogP contribution is 2.42. The molecule has 0 saturated carbocycles. The second-order valence-electron chi connectivity index (χ2n) is 16.2. The van der Waals surface area contributed by atoms with Crippen molar-refractivity contribution < 1.29 is 34.1 Å². The number of pyridine rings is 1. The highest BCUT2D eigenvalue weighted by Gasteiger charge is 2.35. The summed E-state index contributed by atoms with van der Waals surface area (Å²) in [7, 11) is 1.69. The van der Waals surface area contributed by atoms with Crippen molar-refractivity contribution in [3.63, 3.8) is 0 Å². The lowest BCUT2D eigenvalue weighted by atomic mass is 9.84. The zero-order valence-corrected chi connectivity index (χ0v) is 33.9. The highest BCUT2D eigenvalue weighted by molar-refractivity contribution is 5.94. The Kier molecular flexibility index (Phi) is 13.5. The predicted octanol–water partition coefficient (Wildman–Crippen LogP) is 6.47. The minimum atomic E-state index is -1.02. The number of piperidine rings is 1. The molecule has 4 N–H and O–H groups in total. The van der Waals surface area contributed by atoms with E-state index in [9.17, 15) is 24.6 Å². The number of nitrogens with zero attached hydrogens (tertiary/aromatic N) is 4. The Morgan fingerprint density at radius 1 is 1.05 bits per heavy atom. The predicted molar refractivity (Wildman–Crippen MR) is 219 cm³/mol. The number of carbonyl (C=O) groups is 3. The van der Waals surface area contributed by atoms with Gasteiger partial charge >= 0.3 is 12.1 Å². The standard InChI is InChI=1S/C44H58N6O7/c1-6-49-38-19-18-32(24-34(38)35(25-44(3,4)28-51)40(49)33-16-10-20-45-39(33)29(2)56-5)48-21-11-15-31(26-48)23-37(41(52)50-22-12-17-36(47-50)42(53)54)46-43(55)57-27-30-13-8-7-9-14-30/h7-10,13-14,16,18-20,24,29,31,36-37,47,51H,6,11-12,15,17,21-23,25-28H2,1-5H3,(H,46,55)(H,53,54)/t29-,31-,36-,37-/m0/s1. The van der Waals surface area contributed by atoms with Crippen LogP contribution in [0.4, 0.5) is 10.5 Å². The van der Waals surface area contributed by atoms with E-state index in [0.717, 1.165) is 70.6 Å². The number of carbonyl (C=O) groups excluding carboxylic acids is 2. The fourth-order valence-corrected chi connectivity index (χ4v) is 8.28. The fraction of sp³-hybridized carbons (Fsp3) is 0.500. The molecule has 13 nitrogen and oxygen atoms in total. The zero-order chi connectivity index (χ0) is 40.7. The van der Waals surface area contributed by atoms with Gasteiger partial charge in [0.2, 0.25) is 0 Å². The maximum absolute atomic E-state index is 14.0. The fourth-order valence-electron chi connectivity index (χ4n) is 8.28. The van der Waals surface area contributed by atoms with E-state index in [1.807, 2.05) is 43.3 Å². The summed E-state index contributed by atoms with van der Waals surface area (Å²) >= 11 is 0. The van der Waals surface area contributed by atoms with E-state index >= 15 is 0 Å². The third kappa shape index (κ3) is 9.77. The summed E-state index contributed by atoms with van der Waals surface area (Å²) in [6, 6.07) is 18.2. The van der Waals surface area contributed by atoms with Crippen LogP contribution in [0.3, 0.4) is 0 Å². The molecule has 4 heterocycles. The van der Waals surface area contributed by atoms with Crippen molar-refractivity contribution in [3.8, 4) is 11.3 Å². The largest absolute Gasteiger partial charge is 0.480 e. The first-order valence-electron chi connectivity index (χ1n) is 20.2. The first-order valence-corrected chi connectivity index (χ1v) is 20.2. The quantitative estimate of drug-likeness (QED) is 0.105. The van der Waals surface area contributed by atoms with Gasteiger partial charge in [-0.3, -0.25) is 19.6 Å². The highest BCUT2D eigenvalue weighted by atomic mass is 16.5. The number of aryl methyl sites for hydroxylation is 1. The lowest BCUT2D eigenvalue weighted by molar-refractivity contribution is -0.147. The summed E-state index contributed by atoms with van der Waals surface area (Å²) in [5, 5.41) is 25.4. The number of fused-ring (bicyclic) bond motifs is 1. The van der Waals surface area contributed by atoms with Crippen molar-refractivity contribution in [1.29, 1.82) is 0 Å². The third-order valence-electron chi connectivity index (χ3n) is 11.4. The lowest BCUT2D eigenvalue weighted by Gasteiger charge is -2.38. The number of carboxylic acid groups (broad SMARTS) is 1. The molecule has 2 aromatic carbocycles. The molecule has 4 atom stereocenters. The normalized spacial score (nSPS) is 18.6. The molecule has 2 aliphatic rings. The molecule has 13 heteroatoms. The van der Waals surface area contributed by atoms with Gasteiger partial charge in [-0.25, -0.2) is 10.2 Å². The molecule has 0 radical (unpaired) electrons. The van der Waals surface area contributed by atoms with Crippen LogP contribution in [0.2, 0.25) is 0 Å². The number of hydrogen-bond acceptors (Lipinski definition) is 9. The Morgan fingerprint density at radius 3 is 2.54 bits per heavy atom. The number of nitrogens with one attached hydrogen (secondary N) is 2. The molecular weight excluding hydrogens is 725 g/mol. The van der Waals surface area contributed by atoms with Gasteiger partial charge in [-0.15, -0.1) is 0 Å². The van der Waals surface area contributed by atoms with Crippen molar-refractivity contribution >= 4 is 34.6 Å². The van der Waals surface area contributed by atoms with E-state index in [1.54, 1.807) is 13.3 Å². The molecule has 2 aliphatic heterocycles. The lowest BCUT2D eigenvalue weighted by Crippen LogP contribution is -2.60. The summed E-state index contributed by atoms with van der Waals surface area (Å²) in [5.41, 5.74) is 9.58. The van der Waals surface area contributed by atoms with Gasteiger partial charge in [0.15, 0.2) is 0 Å². The summed E-state index contributed by atoms with van der Waals surface area (Å²) < 4.78 is 13.6. The number of anilines is 1. The summed E-state index contributed by atoms with van der Waals surface area (Å²) in [4.78, 5) is 46.1. The van der Waals surface area contributed by atoms with Crippen LogP contribution in [0, 0.1) is 11.3 Å². The van der Waals surface area contributed by atoms with E-state index in [4.69, 9.17) is 14.5 Å². The van der Waals surface area contributed by atoms with Crippen LogP contribution in [0.5, 0.6) is 0 Å². The van der Waals surface area contributed by atoms with Gasteiger partial charge in [0.25, 0.3) is 5.91 Å². The molecule has 0 spiro atoms. The molecule has 0 unspecified atom stereocenters. The number of benzene rings is 2. The Hall–Kier alpha value is -4.98. The second kappa shape index (κ2) is 18.5. The van der Waals surface area contributed by atoms with Gasteiger partial charge in [0.05, 0.1) is 17.5 Å². The monoisotopic (exact) mass is 782 g/mol. The number of aromatic nitrogens is 2. The number of aliphatic carboxylic acids is 1. The Morgan fingerprint density at radius 2 is 1.82 bits per heavy atom. The molecule has 6 rings (SSSR count). The van der Waals surface area contributed by atoms with Gasteiger partial charge in [-0.1, -0.05) is 44.2 Å². The van der Waals surface area contributed by atoms with Crippen molar-refractivity contribution in [3.05, 3.63) is 83.7 Å². The number of ether oxygens (including phenoxy) is 2. The van der Waals surface area contributed by atoms with Gasteiger partial charge < -0.3 is 34.5 Å². The van der Waals surface area contributed by atoms with E-state index in [2.05, 4.69) is 65.2 Å². The molecule has 2 saturated heterocycles. The van der Waals surface area contributed by atoms with E-state index in [1.165, 1.54) is 5.01 Å². The van der Waals surface area contributed by atoms with Crippen LogP contribution in [0.15, 0.2) is 66.9 Å². The molecule has 4 aromatic rings. The molecule has 2 fully saturated rings. The molecule has 306 valence electrons. The van der Waals surface area contributed by atoms with Crippen LogP contribution in [-0.4, -0.2) is 88.2 Å². The van der Waals surface area contributed by atoms with Gasteiger partial charge in [0.1, 0.15) is 18.7 Å². The average Bonchev–Trinajstić information content (AvgIpc) is 3.53. The maximum Gasteiger partial charge on any atom is 0.408 e. The van der Waals surface area contributed by atoms with E-state index in [0.29, 0.717) is 38.8 Å². The number of amides is 2. The van der Waals surface area contributed by atoms with E-state index in [-0.39, 0.29) is 36.6 Å². The van der Waals surface area contributed by atoms with Crippen LogP contribution in [0.25, 0.3) is 22.2 Å². The summed E-state index contributed by atoms with van der Waals surface area (Å²) in [5.74, 6) is -1.35. The molecule has 2 aromatic heterocycles.